The van der Waals surface area contributed by atoms with Crippen molar-refractivity contribution in [3.8, 4) is 5.75 Å². The summed E-state index contributed by atoms with van der Waals surface area (Å²) in [4.78, 5) is 29.6. The SMILES string of the molecule is COc1cc(Cl)c(C)cc1NC(=O)CCn1c(=O)c(C)nc2cc(C)c(C)cc21. The molecule has 152 valence electrons. The van der Waals surface area contributed by atoms with Gasteiger partial charge in [-0.15, -0.1) is 0 Å². The summed E-state index contributed by atoms with van der Waals surface area (Å²) in [5.74, 6) is 0.269. The van der Waals surface area contributed by atoms with Crippen molar-refractivity contribution in [2.24, 2.45) is 0 Å². The first-order valence-electron chi connectivity index (χ1n) is 9.33. The number of methoxy groups -OCH3 is 1. The number of amides is 1. The third-order valence-electron chi connectivity index (χ3n) is 5.04. The van der Waals surface area contributed by atoms with E-state index in [1.807, 2.05) is 32.9 Å². The fourth-order valence-corrected chi connectivity index (χ4v) is 3.36. The van der Waals surface area contributed by atoms with Gasteiger partial charge in [-0.2, -0.15) is 0 Å². The number of anilines is 1. The zero-order valence-corrected chi connectivity index (χ0v) is 18.0. The van der Waals surface area contributed by atoms with Gasteiger partial charge in [-0.1, -0.05) is 11.6 Å². The van der Waals surface area contributed by atoms with Gasteiger partial charge < -0.3 is 14.6 Å². The largest absolute Gasteiger partial charge is 0.495 e. The molecule has 3 rings (SSSR count). The van der Waals surface area contributed by atoms with Gasteiger partial charge in [0.2, 0.25) is 5.91 Å². The average Bonchev–Trinajstić information content (AvgIpc) is 2.66. The van der Waals surface area contributed by atoms with Crippen molar-refractivity contribution >= 4 is 34.2 Å². The molecule has 3 aromatic rings. The highest BCUT2D eigenvalue weighted by atomic mass is 35.5. The molecule has 29 heavy (non-hydrogen) atoms. The molecular formula is C22H24ClN3O3. The molecule has 1 N–H and O–H groups in total. The van der Waals surface area contributed by atoms with Crippen molar-refractivity contribution in [2.75, 3.05) is 12.4 Å². The minimum atomic E-state index is -0.219. The van der Waals surface area contributed by atoms with Crippen LogP contribution in [0, 0.1) is 27.7 Å². The summed E-state index contributed by atoms with van der Waals surface area (Å²) in [5.41, 5.74) is 5.27. The molecule has 0 saturated carbocycles. The number of halogens is 1. The lowest BCUT2D eigenvalue weighted by Crippen LogP contribution is -2.26. The number of fused-ring (bicyclic) bond motifs is 1. The number of hydrogen-bond donors (Lipinski definition) is 1. The Hall–Kier alpha value is -2.86. The maximum absolute atomic E-state index is 12.7. The number of rotatable bonds is 5. The molecule has 7 heteroatoms. The van der Waals surface area contributed by atoms with Gasteiger partial charge in [-0.25, -0.2) is 4.98 Å². The first kappa shape index (κ1) is 20.9. The lowest BCUT2D eigenvalue weighted by atomic mass is 10.1. The van der Waals surface area contributed by atoms with Crippen LogP contribution in [0.15, 0.2) is 29.1 Å². The van der Waals surface area contributed by atoms with Crippen LogP contribution in [-0.2, 0) is 11.3 Å². The lowest BCUT2D eigenvalue weighted by Gasteiger charge is -2.14. The van der Waals surface area contributed by atoms with Crippen molar-refractivity contribution in [3.63, 3.8) is 0 Å². The van der Waals surface area contributed by atoms with Gasteiger partial charge >= 0.3 is 0 Å². The Kier molecular flexibility index (Phi) is 5.94. The molecule has 6 nitrogen and oxygen atoms in total. The van der Waals surface area contributed by atoms with Gasteiger partial charge in [-0.3, -0.25) is 9.59 Å². The molecule has 2 aromatic carbocycles. The van der Waals surface area contributed by atoms with Crippen LogP contribution in [0.4, 0.5) is 5.69 Å². The maximum atomic E-state index is 12.7. The molecule has 1 aromatic heterocycles. The van der Waals surface area contributed by atoms with Crippen LogP contribution in [0.25, 0.3) is 11.0 Å². The summed E-state index contributed by atoms with van der Waals surface area (Å²) < 4.78 is 6.92. The lowest BCUT2D eigenvalue weighted by molar-refractivity contribution is -0.116. The van der Waals surface area contributed by atoms with E-state index in [1.165, 1.54) is 7.11 Å². The van der Waals surface area contributed by atoms with E-state index < -0.39 is 0 Å². The Bertz CT molecular complexity index is 1170. The van der Waals surface area contributed by atoms with E-state index in [2.05, 4.69) is 10.3 Å². The van der Waals surface area contributed by atoms with Gasteiger partial charge in [-0.05, 0) is 62.6 Å². The number of benzene rings is 2. The summed E-state index contributed by atoms with van der Waals surface area (Å²) in [6.07, 6.45) is 0.135. The smallest absolute Gasteiger partial charge is 0.272 e. The quantitative estimate of drug-likeness (QED) is 0.676. The zero-order chi connectivity index (χ0) is 21.3. The van der Waals surface area contributed by atoms with Crippen molar-refractivity contribution in [1.29, 1.82) is 0 Å². The number of nitrogens with zero attached hydrogens (tertiary/aromatic N) is 2. The van der Waals surface area contributed by atoms with E-state index in [-0.39, 0.29) is 24.4 Å². The number of carbonyl (C=O) groups excluding carboxylic acids is 1. The monoisotopic (exact) mass is 413 g/mol. The van der Waals surface area contributed by atoms with E-state index in [0.29, 0.717) is 22.2 Å². The molecule has 0 atom stereocenters. The molecule has 0 radical (unpaired) electrons. The van der Waals surface area contributed by atoms with Crippen molar-refractivity contribution in [3.05, 3.63) is 62.0 Å². The summed E-state index contributed by atoms with van der Waals surface area (Å²) in [6, 6.07) is 7.35. The van der Waals surface area contributed by atoms with Gasteiger partial charge in [0.25, 0.3) is 5.56 Å². The average molecular weight is 414 g/mol. The number of hydrogen-bond acceptors (Lipinski definition) is 4. The summed E-state index contributed by atoms with van der Waals surface area (Å²) in [7, 11) is 1.52. The number of carbonyl (C=O) groups is 1. The topological polar surface area (TPSA) is 73.2 Å². The normalized spacial score (nSPS) is 11.0. The fourth-order valence-electron chi connectivity index (χ4n) is 3.20. The standard InChI is InChI=1S/C22H24ClN3O3/c1-12-8-17-19(10-13(12)2)26(22(28)15(4)24-17)7-6-21(27)25-18-9-14(3)16(23)11-20(18)29-5/h8-11H,6-7H2,1-5H3,(H,25,27). The Morgan fingerprint density at radius 1 is 1.10 bits per heavy atom. The number of aromatic nitrogens is 2. The molecular weight excluding hydrogens is 390 g/mol. The minimum Gasteiger partial charge on any atom is -0.495 e. The van der Waals surface area contributed by atoms with E-state index in [1.54, 1.807) is 23.6 Å². The summed E-state index contributed by atoms with van der Waals surface area (Å²) in [6.45, 7) is 7.80. The van der Waals surface area contributed by atoms with Gasteiger partial charge in [0.05, 0.1) is 23.8 Å². The number of ether oxygens (including phenoxy) is 1. The van der Waals surface area contributed by atoms with Crippen LogP contribution < -0.4 is 15.6 Å². The van der Waals surface area contributed by atoms with E-state index in [4.69, 9.17) is 16.3 Å². The molecule has 1 heterocycles. The maximum Gasteiger partial charge on any atom is 0.272 e. The van der Waals surface area contributed by atoms with E-state index >= 15 is 0 Å². The predicted octanol–water partition coefficient (Wildman–Crippen LogP) is 4.32. The highest BCUT2D eigenvalue weighted by Gasteiger charge is 2.14. The van der Waals surface area contributed by atoms with Crippen LogP contribution in [0.1, 0.15) is 28.8 Å². The molecule has 0 fully saturated rings. The zero-order valence-electron chi connectivity index (χ0n) is 17.2. The molecule has 0 unspecified atom stereocenters. The second-order valence-corrected chi connectivity index (χ2v) is 7.59. The Labute approximate surface area is 174 Å². The van der Waals surface area contributed by atoms with E-state index in [0.717, 1.165) is 27.7 Å². The Morgan fingerprint density at radius 2 is 1.79 bits per heavy atom. The fraction of sp³-hybridized carbons (Fsp3) is 0.318. The highest BCUT2D eigenvalue weighted by Crippen LogP contribution is 2.31. The van der Waals surface area contributed by atoms with Crippen molar-refractivity contribution in [2.45, 2.75) is 40.7 Å². The molecule has 0 saturated heterocycles. The summed E-state index contributed by atoms with van der Waals surface area (Å²) in [5, 5.41) is 3.41. The minimum absolute atomic E-state index is 0.135. The molecule has 0 aliphatic carbocycles. The first-order chi connectivity index (χ1) is 13.7. The van der Waals surface area contributed by atoms with Gasteiger partial charge in [0.1, 0.15) is 11.4 Å². The predicted molar refractivity (Wildman–Crippen MR) is 116 cm³/mol. The second-order valence-electron chi connectivity index (χ2n) is 7.18. The Balaban J connectivity index is 1.87. The highest BCUT2D eigenvalue weighted by molar-refractivity contribution is 6.31. The van der Waals surface area contributed by atoms with Crippen molar-refractivity contribution < 1.29 is 9.53 Å². The third-order valence-corrected chi connectivity index (χ3v) is 5.45. The molecule has 0 bridgehead atoms. The van der Waals surface area contributed by atoms with E-state index in [9.17, 15) is 9.59 Å². The number of nitrogens with one attached hydrogen (secondary N) is 1. The number of aryl methyl sites for hydroxylation is 5. The molecule has 0 aliphatic heterocycles. The second kappa shape index (κ2) is 8.25. The Morgan fingerprint density at radius 3 is 2.48 bits per heavy atom. The molecule has 0 aliphatic rings. The van der Waals surface area contributed by atoms with Crippen LogP contribution in [-0.4, -0.2) is 22.6 Å². The van der Waals surface area contributed by atoms with Gasteiger partial charge in [0, 0.05) is 24.1 Å². The molecule has 0 spiro atoms. The van der Waals surface area contributed by atoms with Crippen LogP contribution in [0.5, 0.6) is 5.75 Å². The first-order valence-corrected chi connectivity index (χ1v) is 9.71. The van der Waals surface area contributed by atoms with Crippen LogP contribution >= 0.6 is 11.6 Å². The van der Waals surface area contributed by atoms with Crippen LogP contribution in [0.2, 0.25) is 5.02 Å². The summed E-state index contributed by atoms with van der Waals surface area (Å²) >= 11 is 6.12. The van der Waals surface area contributed by atoms with Crippen molar-refractivity contribution in [1.82, 2.24) is 9.55 Å². The van der Waals surface area contributed by atoms with Gasteiger partial charge in [0.15, 0.2) is 0 Å². The molecule has 1 amide bonds. The van der Waals surface area contributed by atoms with Crippen LogP contribution in [0.3, 0.4) is 0 Å². The third kappa shape index (κ3) is 4.27.